The summed E-state index contributed by atoms with van der Waals surface area (Å²) in [4.78, 5) is 17.7. The molecule has 0 aliphatic carbocycles. The molecule has 0 atom stereocenters. The number of ether oxygens (including phenoxy) is 1. The lowest BCUT2D eigenvalue weighted by atomic mass is 9.73. The predicted molar refractivity (Wildman–Crippen MR) is 75.7 cm³/mol. The molecule has 1 saturated heterocycles. The molecule has 1 aliphatic rings. The highest BCUT2D eigenvalue weighted by Gasteiger charge is 2.43. The van der Waals surface area contributed by atoms with Crippen molar-refractivity contribution >= 4 is 21.8 Å². The number of halogens is 1. The standard InChI is InChI=1S/C14H18BrNO3/c1-16(18-2)13(17)14(7-9-19-10-8-14)11-3-5-12(15)6-4-11/h3-6H,7-10H2,1-2H3. The minimum absolute atomic E-state index is 0.0133. The first-order valence-electron chi connectivity index (χ1n) is 6.26. The van der Waals surface area contributed by atoms with Crippen LogP contribution in [-0.2, 0) is 19.8 Å². The van der Waals surface area contributed by atoms with Gasteiger partial charge in [-0.3, -0.25) is 9.63 Å². The van der Waals surface area contributed by atoms with E-state index < -0.39 is 5.41 Å². The van der Waals surface area contributed by atoms with Crippen molar-refractivity contribution in [2.45, 2.75) is 18.3 Å². The average Bonchev–Trinajstić information content (AvgIpc) is 2.47. The summed E-state index contributed by atoms with van der Waals surface area (Å²) in [5, 5.41) is 1.31. The van der Waals surface area contributed by atoms with Gasteiger partial charge in [-0.1, -0.05) is 28.1 Å². The number of likely N-dealkylation sites (N-methyl/N-ethyl adjacent to an activating group) is 1. The average molecular weight is 328 g/mol. The van der Waals surface area contributed by atoms with Crippen LogP contribution in [-0.4, -0.2) is 38.3 Å². The zero-order valence-electron chi connectivity index (χ0n) is 11.2. The van der Waals surface area contributed by atoms with Crippen LogP contribution in [0, 0.1) is 0 Å². The molecule has 0 radical (unpaired) electrons. The fourth-order valence-electron chi connectivity index (χ4n) is 2.50. The Labute approximate surface area is 121 Å². The molecule has 104 valence electrons. The first kappa shape index (κ1) is 14.5. The second-order valence-electron chi connectivity index (χ2n) is 4.69. The molecule has 0 bridgehead atoms. The molecule has 0 spiro atoms. The lowest BCUT2D eigenvalue weighted by Crippen LogP contribution is -2.48. The van der Waals surface area contributed by atoms with Gasteiger partial charge in [-0.25, -0.2) is 5.06 Å². The first-order valence-corrected chi connectivity index (χ1v) is 7.05. The Morgan fingerprint density at radius 3 is 2.42 bits per heavy atom. The Hall–Kier alpha value is -0.910. The van der Waals surface area contributed by atoms with Crippen LogP contribution in [0.15, 0.2) is 28.7 Å². The van der Waals surface area contributed by atoms with Gasteiger partial charge in [-0.05, 0) is 30.5 Å². The van der Waals surface area contributed by atoms with Crippen LogP contribution in [0.4, 0.5) is 0 Å². The van der Waals surface area contributed by atoms with Crippen molar-refractivity contribution in [1.82, 2.24) is 5.06 Å². The number of carbonyl (C=O) groups excluding carboxylic acids is 1. The number of hydroxylamine groups is 2. The normalized spacial score (nSPS) is 18.1. The van der Waals surface area contributed by atoms with Crippen LogP contribution in [0.5, 0.6) is 0 Å². The molecule has 1 aliphatic heterocycles. The molecule has 5 heteroatoms. The van der Waals surface area contributed by atoms with Crippen LogP contribution in [0.25, 0.3) is 0 Å². The number of benzene rings is 1. The quantitative estimate of drug-likeness (QED) is 0.801. The molecule has 1 fully saturated rings. The maximum atomic E-state index is 12.7. The monoisotopic (exact) mass is 327 g/mol. The van der Waals surface area contributed by atoms with Gasteiger partial charge < -0.3 is 4.74 Å². The van der Waals surface area contributed by atoms with Crippen molar-refractivity contribution in [3.8, 4) is 0 Å². The Morgan fingerprint density at radius 2 is 1.89 bits per heavy atom. The van der Waals surface area contributed by atoms with Crippen molar-refractivity contribution < 1.29 is 14.4 Å². The van der Waals surface area contributed by atoms with Crippen LogP contribution in [0.3, 0.4) is 0 Å². The van der Waals surface area contributed by atoms with Crippen LogP contribution in [0.1, 0.15) is 18.4 Å². The minimum Gasteiger partial charge on any atom is -0.381 e. The van der Waals surface area contributed by atoms with Gasteiger partial charge in [-0.2, -0.15) is 0 Å². The second-order valence-corrected chi connectivity index (χ2v) is 5.60. The summed E-state index contributed by atoms with van der Waals surface area (Å²) in [7, 11) is 3.16. The summed E-state index contributed by atoms with van der Waals surface area (Å²) < 4.78 is 6.42. The minimum atomic E-state index is -0.538. The van der Waals surface area contributed by atoms with Gasteiger partial charge in [0.15, 0.2) is 0 Å². The highest BCUT2D eigenvalue weighted by molar-refractivity contribution is 9.10. The van der Waals surface area contributed by atoms with E-state index in [1.807, 2.05) is 24.3 Å². The van der Waals surface area contributed by atoms with E-state index in [-0.39, 0.29) is 5.91 Å². The molecular formula is C14H18BrNO3. The molecule has 1 amide bonds. The van der Waals surface area contributed by atoms with Crippen molar-refractivity contribution in [3.63, 3.8) is 0 Å². The number of rotatable bonds is 3. The number of nitrogens with zero attached hydrogens (tertiary/aromatic N) is 1. The maximum absolute atomic E-state index is 12.7. The lowest BCUT2D eigenvalue weighted by molar-refractivity contribution is -0.179. The molecule has 2 rings (SSSR count). The van der Waals surface area contributed by atoms with Crippen molar-refractivity contribution in [1.29, 1.82) is 0 Å². The molecular weight excluding hydrogens is 310 g/mol. The van der Waals surface area contributed by atoms with E-state index in [0.717, 1.165) is 10.0 Å². The molecule has 0 aromatic heterocycles. The van der Waals surface area contributed by atoms with Gasteiger partial charge in [0.25, 0.3) is 5.91 Å². The summed E-state index contributed by atoms with van der Waals surface area (Å²) in [6, 6.07) is 7.92. The van der Waals surface area contributed by atoms with Crippen molar-refractivity contribution in [2.75, 3.05) is 27.4 Å². The van der Waals surface area contributed by atoms with Gasteiger partial charge in [0.05, 0.1) is 12.5 Å². The van der Waals surface area contributed by atoms with Crippen LogP contribution in [0.2, 0.25) is 0 Å². The molecule has 1 aromatic carbocycles. The van der Waals surface area contributed by atoms with Crippen LogP contribution >= 0.6 is 15.9 Å². The molecule has 0 saturated carbocycles. The van der Waals surface area contributed by atoms with Gasteiger partial charge in [0, 0.05) is 24.7 Å². The third-order valence-corrected chi connectivity index (χ3v) is 4.24. The van der Waals surface area contributed by atoms with Gasteiger partial charge >= 0.3 is 0 Å². The summed E-state index contributed by atoms with van der Waals surface area (Å²) in [6.07, 6.45) is 1.36. The Kier molecular flexibility index (Phi) is 4.60. The highest BCUT2D eigenvalue weighted by atomic mass is 79.9. The van der Waals surface area contributed by atoms with E-state index in [4.69, 9.17) is 9.57 Å². The fourth-order valence-corrected chi connectivity index (χ4v) is 2.76. The third-order valence-electron chi connectivity index (χ3n) is 3.71. The molecule has 4 nitrogen and oxygen atoms in total. The smallest absolute Gasteiger partial charge is 0.256 e. The van der Waals surface area contributed by atoms with Crippen molar-refractivity contribution in [3.05, 3.63) is 34.3 Å². The maximum Gasteiger partial charge on any atom is 0.256 e. The van der Waals surface area contributed by atoms with E-state index in [1.54, 1.807) is 7.05 Å². The molecule has 0 unspecified atom stereocenters. The summed E-state index contributed by atoms with van der Waals surface area (Å²) in [5.41, 5.74) is 0.483. The van der Waals surface area contributed by atoms with Crippen LogP contribution < -0.4 is 0 Å². The number of hydrogen-bond acceptors (Lipinski definition) is 3. The zero-order chi connectivity index (χ0) is 13.9. The van der Waals surface area contributed by atoms with Crippen molar-refractivity contribution in [2.24, 2.45) is 0 Å². The largest absolute Gasteiger partial charge is 0.381 e. The number of amides is 1. The van der Waals surface area contributed by atoms with E-state index in [1.165, 1.54) is 12.2 Å². The van der Waals surface area contributed by atoms with E-state index in [9.17, 15) is 4.79 Å². The fraction of sp³-hybridized carbons (Fsp3) is 0.500. The first-order chi connectivity index (χ1) is 9.10. The SMILES string of the molecule is CON(C)C(=O)C1(c2ccc(Br)cc2)CCOCC1. The molecule has 0 N–H and O–H groups in total. The van der Waals surface area contributed by atoms with E-state index in [0.29, 0.717) is 26.1 Å². The Morgan fingerprint density at radius 1 is 1.32 bits per heavy atom. The highest BCUT2D eigenvalue weighted by Crippen LogP contribution is 2.37. The molecule has 1 heterocycles. The summed E-state index contributed by atoms with van der Waals surface area (Å²) >= 11 is 3.42. The summed E-state index contributed by atoms with van der Waals surface area (Å²) in [5.74, 6) is -0.0133. The number of hydrogen-bond donors (Lipinski definition) is 0. The van der Waals surface area contributed by atoms with Gasteiger partial charge in [0.2, 0.25) is 0 Å². The third kappa shape index (κ3) is 2.83. The molecule has 1 aromatic rings. The Balaban J connectivity index is 2.39. The lowest BCUT2D eigenvalue weighted by Gasteiger charge is -2.38. The van der Waals surface area contributed by atoms with E-state index in [2.05, 4.69) is 15.9 Å². The Bertz CT molecular complexity index is 441. The second kappa shape index (κ2) is 6.03. The summed E-state index contributed by atoms with van der Waals surface area (Å²) in [6.45, 7) is 1.19. The van der Waals surface area contributed by atoms with E-state index >= 15 is 0 Å². The van der Waals surface area contributed by atoms with Gasteiger partial charge in [-0.15, -0.1) is 0 Å². The molecule has 19 heavy (non-hydrogen) atoms. The van der Waals surface area contributed by atoms with Gasteiger partial charge in [0.1, 0.15) is 0 Å². The topological polar surface area (TPSA) is 38.8 Å². The zero-order valence-corrected chi connectivity index (χ0v) is 12.8. The number of carbonyl (C=O) groups is 1. The predicted octanol–water partition coefficient (Wildman–Crippen LogP) is 2.52.